The number of rotatable bonds is 6. The molecule has 3 heterocycles. The molecule has 0 saturated carbocycles. The zero-order valence-electron chi connectivity index (χ0n) is 20.0. The minimum atomic E-state index is -0.515. The first kappa shape index (κ1) is 24.2. The van der Waals surface area contributed by atoms with Gasteiger partial charge in [-0.1, -0.05) is 18.2 Å². The van der Waals surface area contributed by atoms with Gasteiger partial charge in [-0.3, -0.25) is 14.4 Å². The number of aryl methyl sites for hydroxylation is 3. The Morgan fingerprint density at radius 3 is 1.03 bits per heavy atom. The van der Waals surface area contributed by atoms with E-state index in [1.54, 1.807) is 36.4 Å². The fraction of sp³-hybridized carbons (Fsp3) is 0.111. The fourth-order valence-electron chi connectivity index (χ4n) is 3.42. The van der Waals surface area contributed by atoms with Gasteiger partial charge in [0, 0.05) is 33.8 Å². The van der Waals surface area contributed by atoms with Crippen LogP contribution in [0.5, 0.6) is 0 Å². The van der Waals surface area contributed by atoms with Crippen molar-refractivity contribution in [3.8, 4) is 0 Å². The monoisotopic (exact) mass is 480 g/mol. The molecule has 3 amide bonds. The average Bonchev–Trinajstić information content (AvgIpc) is 2.84. The lowest BCUT2D eigenvalue weighted by atomic mass is 10.0. The highest BCUT2D eigenvalue weighted by atomic mass is 16.2. The molecule has 9 heteroatoms. The van der Waals surface area contributed by atoms with Crippen molar-refractivity contribution >= 4 is 35.2 Å². The van der Waals surface area contributed by atoms with Gasteiger partial charge in [0.05, 0.1) is 0 Å². The van der Waals surface area contributed by atoms with Crippen LogP contribution in [0.2, 0.25) is 0 Å². The highest BCUT2D eigenvalue weighted by molar-refractivity contribution is 6.12. The Kier molecular flexibility index (Phi) is 7.10. The molecule has 0 spiro atoms. The first-order valence-electron chi connectivity index (χ1n) is 11.2. The van der Waals surface area contributed by atoms with Crippen molar-refractivity contribution in [3.05, 3.63) is 107 Å². The average molecular weight is 481 g/mol. The normalized spacial score (nSPS) is 10.4. The first-order chi connectivity index (χ1) is 17.3. The molecule has 1 aromatic carbocycles. The third-order valence-corrected chi connectivity index (χ3v) is 5.11. The predicted octanol–water partition coefficient (Wildman–Crippen LogP) is 4.55. The third-order valence-electron chi connectivity index (χ3n) is 5.11. The molecular formula is C27H24N6O3. The van der Waals surface area contributed by atoms with Crippen LogP contribution in [0.25, 0.3) is 0 Å². The predicted molar refractivity (Wildman–Crippen MR) is 137 cm³/mol. The van der Waals surface area contributed by atoms with E-state index in [0.29, 0.717) is 17.5 Å². The lowest BCUT2D eigenvalue weighted by Gasteiger charge is -2.11. The number of carbonyl (C=O) groups excluding carboxylic acids is 3. The van der Waals surface area contributed by atoms with Crippen LogP contribution in [0.4, 0.5) is 17.5 Å². The third kappa shape index (κ3) is 6.15. The molecule has 3 N–H and O–H groups in total. The lowest BCUT2D eigenvalue weighted by molar-refractivity contribution is 0.102. The summed E-state index contributed by atoms with van der Waals surface area (Å²) >= 11 is 0. The van der Waals surface area contributed by atoms with E-state index in [2.05, 4.69) is 30.9 Å². The van der Waals surface area contributed by atoms with Crippen LogP contribution >= 0.6 is 0 Å². The smallest absolute Gasteiger partial charge is 0.256 e. The van der Waals surface area contributed by atoms with Crippen LogP contribution in [0.15, 0.2) is 72.8 Å². The van der Waals surface area contributed by atoms with E-state index >= 15 is 0 Å². The fourth-order valence-corrected chi connectivity index (χ4v) is 3.42. The van der Waals surface area contributed by atoms with Crippen molar-refractivity contribution in [1.82, 2.24) is 15.0 Å². The summed E-state index contributed by atoms with van der Waals surface area (Å²) in [7, 11) is 0. The Labute approximate surface area is 208 Å². The number of pyridine rings is 3. The quantitative estimate of drug-likeness (QED) is 0.372. The van der Waals surface area contributed by atoms with Crippen molar-refractivity contribution < 1.29 is 14.4 Å². The van der Waals surface area contributed by atoms with E-state index in [1.165, 1.54) is 18.2 Å². The molecule has 0 aliphatic carbocycles. The second-order valence-corrected chi connectivity index (χ2v) is 8.15. The summed E-state index contributed by atoms with van der Waals surface area (Å²) in [6, 6.07) is 19.9. The molecular weight excluding hydrogens is 456 g/mol. The lowest BCUT2D eigenvalue weighted by Crippen LogP contribution is -2.20. The van der Waals surface area contributed by atoms with Crippen LogP contribution in [0.1, 0.15) is 48.2 Å². The summed E-state index contributed by atoms with van der Waals surface area (Å²) in [6.45, 7) is 5.42. The molecule has 9 nitrogen and oxygen atoms in total. The van der Waals surface area contributed by atoms with Crippen molar-refractivity contribution in [1.29, 1.82) is 0 Å². The largest absolute Gasteiger partial charge is 0.307 e. The number of hydrogen-bond donors (Lipinski definition) is 3. The van der Waals surface area contributed by atoms with Gasteiger partial charge in [0.1, 0.15) is 17.5 Å². The van der Waals surface area contributed by atoms with Crippen molar-refractivity contribution in [2.75, 3.05) is 16.0 Å². The molecule has 36 heavy (non-hydrogen) atoms. The number of aromatic nitrogens is 3. The molecule has 0 bridgehead atoms. The van der Waals surface area contributed by atoms with Crippen LogP contribution in [-0.4, -0.2) is 32.7 Å². The number of carbonyl (C=O) groups is 3. The summed E-state index contributed by atoms with van der Waals surface area (Å²) in [5.74, 6) is -0.478. The Morgan fingerprint density at radius 2 is 0.778 bits per heavy atom. The number of amides is 3. The summed E-state index contributed by atoms with van der Waals surface area (Å²) < 4.78 is 0. The Hall–Kier alpha value is -4.92. The van der Waals surface area contributed by atoms with Crippen LogP contribution < -0.4 is 16.0 Å². The van der Waals surface area contributed by atoms with Gasteiger partial charge in [0.15, 0.2) is 0 Å². The minimum Gasteiger partial charge on any atom is -0.307 e. The molecule has 0 aliphatic rings. The van der Waals surface area contributed by atoms with Crippen molar-refractivity contribution in [3.63, 3.8) is 0 Å². The highest BCUT2D eigenvalue weighted by Gasteiger charge is 2.18. The van der Waals surface area contributed by atoms with Gasteiger partial charge in [0.25, 0.3) is 17.7 Å². The molecule has 0 aliphatic heterocycles. The molecule has 0 saturated heterocycles. The van der Waals surface area contributed by atoms with Gasteiger partial charge in [0.2, 0.25) is 0 Å². The SMILES string of the molecule is Cc1cccc(NC(=O)c2cc(C(=O)Nc3cccc(C)n3)cc(C(=O)Nc3cccc(C)n3)c2)n1. The number of nitrogens with one attached hydrogen (secondary N) is 3. The number of nitrogens with zero attached hydrogens (tertiary/aromatic N) is 3. The molecule has 180 valence electrons. The van der Waals surface area contributed by atoms with E-state index in [1.807, 2.05) is 39.0 Å². The van der Waals surface area contributed by atoms with Crippen molar-refractivity contribution in [2.24, 2.45) is 0 Å². The van der Waals surface area contributed by atoms with E-state index < -0.39 is 17.7 Å². The molecule has 0 radical (unpaired) electrons. The molecule has 0 atom stereocenters. The van der Waals surface area contributed by atoms with Crippen molar-refractivity contribution in [2.45, 2.75) is 20.8 Å². The molecule has 3 aromatic heterocycles. The maximum absolute atomic E-state index is 13.0. The van der Waals surface area contributed by atoms with Gasteiger partial charge in [-0.05, 0) is 75.4 Å². The number of benzene rings is 1. The van der Waals surface area contributed by atoms with E-state index in [0.717, 1.165) is 17.1 Å². The summed E-state index contributed by atoms with van der Waals surface area (Å²) in [4.78, 5) is 51.9. The maximum atomic E-state index is 13.0. The zero-order valence-corrected chi connectivity index (χ0v) is 20.0. The zero-order chi connectivity index (χ0) is 25.7. The molecule has 0 unspecified atom stereocenters. The van der Waals surface area contributed by atoms with Gasteiger partial charge in [-0.25, -0.2) is 15.0 Å². The Bertz CT molecular complexity index is 1280. The van der Waals surface area contributed by atoms with E-state index in [9.17, 15) is 14.4 Å². The van der Waals surface area contributed by atoms with Gasteiger partial charge < -0.3 is 16.0 Å². The standard InChI is InChI=1S/C27H24N6O3/c1-16-7-4-10-22(28-16)31-25(34)19-13-20(26(35)32-23-11-5-8-17(2)29-23)15-21(14-19)27(36)33-24-12-6-9-18(3)30-24/h4-15H,1-3H3,(H,28,31,34)(H,29,32,35)(H,30,33,36). The summed E-state index contributed by atoms with van der Waals surface area (Å²) in [6.07, 6.45) is 0. The van der Waals surface area contributed by atoms with Crippen LogP contribution in [0.3, 0.4) is 0 Å². The Balaban J connectivity index is 1.66. The van der Waals surface area contributed by atoms with E-state index in [4.69, 9.17) is 0 Å². The van der Waals surface area contributed by atoms with Gasteiger partial charge in [-0.15, -0.1) is 0 Å². The summed E-state index contributed by atoms with van der Waals surface area (Å²) in [5, 5.41) is 8.12. The second kappa shape index (κ2) is 10.6. The highest BCUT2D eigenvalue weighted by Crippen LogP contribution is 2.17. The van der Waals surface area contributed by atoms with Crippen LogP contribution in [-0.2, 0) is 0 Å². The minimum absolute atomic E-state index is 0.116. The number of anilines is 3. The molecule has 4 aromatic rings. The summed E-state index contributed by atoms with van der Waals surface area (Å²) in [5.41, 5.74) is 2.55. The maximum Gasteiger partial charge on any atom is 0.256 e. The molecule has 4 rings (SSSR count). The van der Waals surface area contributed by atoms with Gasteiger partial charge in [-0.2, -0.15) is 0 Å². The first-order valence-corrected chi connectivity index (χ1v) is 11.2. The van der Waals surface area contributed by atoms with Gasteiger partial charge >= 0.3 is 0 Å². The van der Waals surface area contributed by atoms with E-state index in [-0.39, 0.29) is 16.7 Å². The molecule has 0 fully saturated rings. The topological polar surface area (TPSA) is 126 Å². The number of hydrogen-bond acceptors (Lipinski definition) is 6. The van der Waals surface area contributed by atoms with Crippen LogP contribution in [0, 0.1) is 20.8 Å². The Morgan fingerprint density at radius 1 is 0.500 bits per heavy atom. The second-order valence-electron chi connectivity index (χ2n) is 8.15.